The van der Waals surface area contributed by atoms with Crippen LogP contribution in [0, 0.1) is 0 Å². The maximum absolute atomic E-state index is 12.4. The highest BCUT2D eigenvalue weighted by molar-refractivity contribution is 5.78. The average molecular weight is 354 g/mol. The molecule has 1 aliphatic heterocycles. The summed E-state index contributed by atoms with van der Waals surface area (Å²) in [6.45, 7) is 2.62. The highest BCUT2D eigenvalue weighted by atomic mass is 16.6. The molecule has 26 heavy (non-hydrogen) atoms. The SMILES string of the molecule is CN(C)CC(CNC(=O)Cc1ccc2c(c1)OCCO2)c1ccccc1. The van der Waals surface area contributed by atoms with E-state index in [0.29, 0.717) is 26.2 Å². The number of hydrogen-bond acceptors (Lipinski definition) is 4. The number of rotatable bonds is 7. The van der Waals surface area contributed by atoms with Crippen molar-refractivity contribution in [2.45, 2.75) is 12.3 Å². The first kappa shape index (κ1) is 18.3. The van der Waals surface area contributed by atoms with E-state index >= 15 is 0 Å². The topological polar surface area (TPSA) is 50.8 Å². The predicted octanol–water partition coefficient (Wildman–Crippen LogP) is 2.46. The molecule has 2 aromatic carbocycles. The Kier molecular flexibility index (Phi) is 6.12. The first-order chi connectivity index (χ1) is 12.6. The molecule has 0 bridgehead atoms. The summed E-state index contributed by atoms with van der Waals surface area (Å²) in [5.41, 5.74) is 2.16. The van der Waals surface area contributed by atoms with Crippen LogP contribution in [0.15, 0.2) is 48.5 Å². The number of carbonyl (C=O) groups is 1. The molecule has 0 aliphatic carbocycles. The third-order valence-electron chi connectivity index (χ3n) is 4.37. The largest absolute Gasteiger partial charge is 0.486 e. The Morgan fingerprint density at radius 1 is 1.08 bits per heavy atom. The molecule has 3 rings (SSSR count). The lowest BCUT2D eigenvalue weighted by molar-refractivity contribution is -0.120. The molecular weight excluding hydrogens is 328 g/mol. The summed E-state index contributed by atoms with van der Waals surface area (Å²) in [6, 6.07) is 16.0. The Labute approximate surface area is 154 Å². The average Bonchev–Trinajstić information content (AvgIpc) is 2.65. The maximum atomic E-state index is 12.4. The lowest BCUT2D eigenvalue weighted by atomic mass is 9.98. The molecular formula is C21H26N2O3. The minimum atomic E-state index is 0.0152. The van der Waals surface area contributed by atoms with E-state index in [-0.39, 0.29) is 11.8 Å². The second kappa shape index (κ2) is 8.72. The molecule has 2 aromatic rings. The third kappa shape index (κ3) is 4.99. The van der Waals surface area contributed by atoms with Crippen LogP contribution in [-0.2, 0) is 11.2 Å². The molecule has 1 unspecified atom stereocenters. The Bertz CT molecular complexity index is 731. The molecule has 1 amide bonds. The smallest absolute Gasteiger partial charge is 0.224 e. The van der Waals surface area contributed by atoms with Crippen molar-refractivity contribution in [2.24, 2.45) is 0 Å². The fourth-order valence-electron chi connectivity index (χ4n) is 3.14. The molecule has 0 spiro atoms. The quantitative estimate of drug-likeness (QED) is 0.830. The fourth-order valence-corrected chi connectivity index (χ4v) is 3.14. The first-order valence-electron chi connectivity index (χ1n) is 8.96. The van der Waals surface area contributed by atoms with Gasteiger partial charge in [0.25, 0.3) is 0 Å². The van der Waals surface area contributed by atoms with E-state index in [4.69, 9.17) is 9.47 Å². The second-order valence-electron chi connectivity index (χ2n) is 6.83. The molecule has 1 atom stereocenters. The number of amides is 1. The Balaban J connectivity index is 1.58. The summed E-state index contributed by atoms with van der Waals surface area (Å²) < 4.78 is 11.1. The van der Waals surface area contributed by atoms with Crippen LogP contribution in [0.5, 0.6) is 11.5 Å². The minimum absolute atomic E-state index is 0.0152. The molecule has 1 N–H and O–H groups in total. The van der Waals surface area contributed by atoms with Crippen molar-refractivity contribution in [2.75, 3.05) is 40.4 Å². The van der Waals surface area contributed by atoms with E-state index in [9.17, 15) is 4.79 Å². The van der Waals surface area contributed by atoms with Crippen molar-refractivity contribution in [1.82, 2.24) is 10.2 Å². The Morgan fingerprint density at radius 2 is 1.81 bits per heavy atom. The van der Waals surface area contributed by atoms with E-state index in [0.717, 1.165) is 23.6 Å². The van der Waals surface area contributed by atoms with Crippen LogP contribution < -0.4 is 14.8 Å². The molecule has 1 heterocycles. The second-order valence-corrected chi connectivity index (χ2v) is 6.83. The highest BCUT2D eigenvalue weighted by Gasteiger charge is 2.16. The number of ether oxygens (including phenoxy) is 2. The van der Waals surface area contributed by atoms with Gasteiger partial charge in [0.2, 0.25) is 5.91 Å². The standard InChI is InChI=1S/C21H26N2O3/c1-23(2)15-18(17-6-4-3-5-7-17)14-22-21(24)13-16-8-9-19-20(12-16)26-11-10-25-19/h3-9,12,18H,10-11,13-15H2,1-2H3,(H,22,24). The minimum Gasteiger partial charge on any atom is -0.486 e. The van der Waals surface area contributed by atoms with Gasteiger partial charge in [-0.15, -0.1) is 0 Å². The van der Waals surface area contributed by atoms with Gasteiger partial charge in [-0.25, -0.2) is 0 Å². The van der Waals surface area contributed by atoms with Crippen molar-refractivity contribution >= 4 is 5.91 Å². The molecule has 1 aliphatic rings. The number of benzene rings is 2. The van der Waals surface area contributed by atoms with Crippen molar-refractivity contribution in [3.05, 3.63) is 59.7 Å². The molecule has 0 aromatic heterocycles. The van der Waals surface area contributed by atoms with E-state index < -0.39 is 0 Å². The molecule has 0 saturated carbocycles. The number of likely N-dealkylation sites (N-methyl/N-ethyl adjacent to an activating group) is 1. The van der Waals surface area contributed by atoms with Gasteiger partial charge < -0.3 is 19.7 Å². The molecule has 138 valence electrons. The zero-order valence-corrected chi connectivity index (χ0v) is 15.4. The summed E-state index contributed by atoms with van der Waals surface area (Å²) in [6.07, 6.45) is 0.333. The summed E-state index contributed by atoms with van der Waals surface area (Å²) in [5, 5.41) is 3.08. The first-order valence-corrected chi connectivity index (χ1v) is 8.96. The van der Waals surface area contributed by atoms with Crippen molar-refractivity contribution in [3.8, 4) is 11.5 Å². The van der Waals surface area contributed by atoms with E-state index in [1.165, 1.54) is 5.56 Å². The molecule has 0 saturated heterocycles. The summed E-state index contributed by atoms with van der Waals surface area (Å²) in [7, 11) is 4.10. The third-order valence-corrected chi connectivity index (χ3v) is 4.37. The van der Waals surface area contributed by atoms with Gasteiger partial charge in [-0.2, -0.15) is 0 Å². The summed E-state index contributed by atoms with van der Waals surface area (Å²) in [4.78, 5) is 14.5. The monoisotopic (exact) mass is 354 g/mol. The van der Waals surface area contributed by atoms with Crippen LogP contribution in [0.2, 0.25) is 0 Å². The summed E-state index contributed by atoms with van der Waals surface area (Å²) >= 11 is 0. The molecule has 0 radical (unpaired) electrons. The van der Waals surface area contributed by atoms with Crippen molar-refractivity contribution in [1.29, 1.82) is 0 Å². The van der Waals surface area contributed by atoms with Crippen LogP contribution >= 0.6 is 0 Å². The van der Waals surface area contributed by atoms with Gasteiger partial charge in [0, 0.05) is 19.0 Å². The number of carbonyl (C=O) groups excluding carboxylic acids is 1. The van der Waals surface area contributed by atoms with E-state index in [2.05, 4.69) is 22.3 Å². The maximum Gasteiger partial charge on any atom is 0.224 e. The Hall–Kier alpha value is -2.53. The normalized spacial score (nSPS) is 14.1. The van der Waals surface area contributed by atoms with Crippen LogP contribution in [0.3, 0.4) is 0 Å². The number of fused-ring (bicyclic) bond motifs is 1. The van der Waals surface area contributed by atoms with E-state index in [1.807, 2.05) is 50.5 Å². The molecule has 5 nitrogen and oxygen atoms in total. The lowest BCUT2D eigenvalue weighted by Gasteiger charge is -2.22. The fraction of sp³-hybridized carbons (Fsp3) is 0.381. The van der Waals surface area contributed by atoms with Gasteiger partial charge in [0.05, 0.1) is 6.42 Å². The van der Waals surface area contributed by atoms with Gasteiger partial charge in [0.15, 0.2) is 11.5 Å². The number of hydrogen-bond donors (Lipinski definition) is 1. The highest BCUT2D eigenvalue weighted by Crippen LogP contribution is 2.30. The van der Waals surface area contributed by atoms with Gasteiger partial charge in [-0.05, 0) is 37.4 Å². The lowest BCUT2D eigenvalue weighted by Crippen LogP contribution is -2.33. The van der Waals surface area contributed by atoms with Crippen LogP contribution in [0.4, 0.5) is 0 Å². The van der Waals surface area contributed by atoms with Crippen LogP contribution in [-0.4, -0.2) is 51.2 Å². The van der Waals surface area contributed by atoms with Crippen molar-refractivity contribution in [3.63, 3.8) is 0 Å². The van der Waals surface area contributed by atoms with Gasteiger partial charge >= 0.3 is 0 Å². The van der Waals surface area contributed by atoms with E-state index in [1.54, 1.807) is 0 Å². The molecule has 0 fully saturated rings. The van der Waals surface area contributed by atoms with Crippen molar-refractivity contribution < 1.29 is 14.3 Å². The van der Waals surface area contributed by atoms with Crippen LogP contribution in [0.25, 0.3) is 0 Å². The van der Waals surface area contributed by atoms with Gasteiger partial charge in [-0.3, -0.25) is 4.79 Å². The zero-order valence-electron chi connectivity index (χ0n) is 15.4. The van der Waals surface area contributed by atoms with Gasteiger partial charge in [-0.1, -0.05) is 36.4 Å². The number of nitrogens with one attached hydrogen (secondary N) is 1. The zero-order chi connectivity index (χ0) is 18.4. The Morgan fingerprint density at radius 3 is 2.54 bits per heavy atom. The number of nitrogens with zero attached hydrogens (tertiary/aromatic N) is 1. The predicted molar refractivity (Wildman–Crippen MR) is 102 cm³/mol. The van der Waals surface area contributed by atoms with Gasteiger partial charge in [0.1, 0.15) is 13.2 Å². The summed E-state index contributed by atoms with van der Waals surface area (Å²) in [5.74, 6) is 1.74. The van der Waals surface area contributed by atoms with Crippen LogP contribution in [0.1, 0.15) is 17.0 Å². The molecule has 5 heteroatoms.